The maximum absolute atomic E-state index is 5.97. The van der Waals surface area contributed by atoms with Crippen LogP contribution in [0.1, 0.15) is 42.7 Å². The van der Waals surface area contributed by atoms with Gasteiger partial charge in [0.25, 0.3) is 0 Å². The van der Waals surface area contributed by atoms with Crippen LogP contribution in [0.25, 0.3) is 0 Å². The van der Waals surface area contributed by atoms with Crippen molar-refractivity contribution in [2.24, 2.45) is 0 Å². The van der Waals surface area contributed by atoms with E-state index in [0.717, 1.165) is 50.0 Å². The van der Waals surface area contributed by atoms with Crippen molar-refractivity contribution in [2.45, 2.75) is 45.4 Å². The lowest BCUT2D eigenvalue weighted by molar-refractivity contribution is 0.000922. The van der Waals surface area contributed by atoms with Gasteiger partial charge in [0.05, 0.1) is 6.54 Å². The third-order valence-corrected chi connectivity index (χ3v) is 4.25. The van der Waals surface area contributed by atoms with Gasteiger partial charge in [-0.15, -0.1) is 0 Å². The van der Waals surface area contributed by atoms with E-state index in [1.807, 2.05) is 19.3 Å². The van der Waals surface area contributed by atoms with E-state index in [-0.39, 0.29) is 6.10 Å². The van der Waals surface area contributed by atoms with Gasteiger partial charge in [-0.3, -0.25) is 4.90 Å². The van der Waals surface area contributed by atoms with Gasteiger partial charge in [0.2, 0.25) is 0 Å². The maximum atomic E-state index is 5.97. The van der Waals surface area contributed by atoms with Gasteiger partial charge in [0, 0.05) is 32.1 Å². The Hall–Kier alpha value is -1.59. The van der Waals surface area contributed by atoms with Crippen LogP contribution in [0.3, 0.4) is 0 Å². The molecule has 0 N–H and O–H groups in total. The number of hydrogen-bond acceptors (Lipinski definition) is 4. The van der Waals surface area contributed by atoms with Crippen LogP contribution < -0.4 is 0 Å². The number of ether oxygens (including phenoxy) is 1. The summed E-state index contributed by atoms with van der Waals surface area (Å²) in [6.45, 7) is 5.61. The van der Waals surface area contributed by atoms with E-state index in [2.05, 4.69) is 33.6 Å². The van der Waals surface area contributed by atoms with Crippen molar-refractivity contribution in [3.63, 3.8) is 0 Å². The maximum Gasteiger partial charge on any atom is 0.133 e. The molecule has 3 heterocycles. The molecule has 22 heavy (non-hydrogen) atoms. The molecule has 1 unspecified atom stereocenters. The molecule has 3 rings (SSSR count). The number of imidazole rings is 1. The van der Waals surface area contributed by atoms with Gasteiger partial charge in [-0.05, 0) is 45.4 Å². The van der Waals surface area contributed by atoms with E-state index in [1.54, 1.807) is 0 Å². The topological polar surface area (TPSA) is 43.4 Å². The predicted molar refractivity (Wildman–Crippen MR) is 84.6 cm³/mol. The van der Waals surface area contributed by atoms with Crippen molar-refractivity contribution in [1.82, 2.24) is 14.5 Å². The first-order chi connectivity index (χ1) is 10.7. The predicted octanol–water partition coefficient (Wildman–Crippen LogP) is 3.16. The summed E-state index contributed by atoms with van der Waals surface area (Å²) in [5.74, 6) is 3.05. The fourth-order valence-electron chi connectivity index (χ4n) is 2.88. The average Bonchev–Trinajstić information content (AvgIpc) is 3.15. The van der Waals surface area contributed by atoms with Crippen molar-refractivity contribution in [3.05, 3.63) is 41.9 Å². The third-order valence-electron chi connectivity index (χ3n) is 4.25. The molecule has 1 saturated heterocycles. The van der Waals surface area contributed by atoms with Crippen molar-refractivity contribution in [1.29, 1.82) is 0 Å². The first-order valence-electron chi connectivity index (χ1n) is 8.09. The molecule has 0 aromatic carbocycles. The first kappa shape index (κ1) is 15.3. The highest BCUT2D eigenvalue weighted by Gasteiger charge is 2.19. The standard InChI is InChI=1S/C17H25N3O2/c1-14-18-8-9-20(14)11-10-19(2)13-15-6-7-17(22-15)16-5-3-4-12-21-16/h6-9,16H,3-5,10-13H2,1-2H3. The van der Waals surface area contributed by atoms with Crippen molar-refractivity contribution < 1.29 is 9.15 Å². The Morgan fingerprint density at radius 2 is 2.27 bits per heavy atom. The number of aryl methyl sites for hydroxylation is 1. The van der Waals surface area contributed by atoms with Gasteiger partial charge >= 0.3 is 0 Å². The third kappa shape index (κ3) is 3.78. The zero-order valence-electron chi connectivity index (χ0n) is 13.5. The Labute approximate surface area is 131 Å². The van der Waals surface area contributed by atoms with E-state index in [0.29, 0.717) is 0 Å². The number of likely N-dealkylation sites (N-methyl/N-ethyl adjacent to an activating group) is 1. The fraction of sp³-hybridized carbons (Fsp3) is 0.588. The monoisotopic (exact) mass is 303 g/mol. The summed E-state index contributed by atoms with van der Waals surface area (Å²) in [6, 6.07) is 4.14. The lowest BCUT2D eigenvalue weighted by Gasteiger charge is -2.20. The van der Waals surface area contributed by atoms with Crippen molar-refractivity contribution >= 4 is 0 Å². The number of nitrogens with zero attached hydrogens (tertiary/aromatic N) is 3. The van der Waals surface area contributed by atoms with Gasteiger partial charge in [-0.1, -0.05) is 0 Å². The number of furan rings is 1. The highest BCUT2D eigenvalue weighted by molar-refractivity contribution is 5.10. The second-order valence-corrected chi connectivity index (χ2v) is 6.06. The molecule has 0 amide bonds. The minimum absolute atomic E-state index is 0.154. The second-order valence-electron chi connectivity index (χ2n) is 6.06. The smallest absolute Gasteiger partial charge is 0.133 e. The summed E-state index contributed by atoms with van der Waals surface area (Å²) < 4.78 is 13.9. The van der Waals surface area contributed by atoms with E-state index in [4.69, 9.17) is 9.15 Å². The Kier molecular flexibility index (Phi) is 4.95. The van der Waals surface area contributed by atoms with Crippen LogP contribution in [-0.2, 0) is 17.8 Å². The van der Waals surface area contributed by atoms with E-state index in [1.165, 1.54) is 12.8 Å². The number of rotatable bonds is 6. The van der Waals surface area contributed by atoms with E-state index < -0.39 is 0 Å². The molecule has 2 aromatic heterocycles. The molecule has 1 aliphatic rings. The molecule has 0 saturated carbocycles. The van der Waals surface area contributed by atoms with E-state index >= 15 is 0 Å². The summed E-state index contributed by atoms with van der Waals surface area (Å²) in [6.07, 6.45) is 7.49. The molecule has 1 fully saturated rings. The molecule has 1 atom stereocenters. The zero-order chi connectivity index (χ0) is 15.4. The second kappa shape index (κ2) is 7.11. The molecule has 5 nitrogen and oxygen atoms in total. The largest absolute Gasteiger partial charge is 0.462 e. The van der Waals surface area contributed by atoms with E-state index in [9.17, 15) is 0 Å². The SMILES string of the molecule is Cc1nccn1CCN(C)Cc1ccc(C2CCCCO2)o1. The molecule has 0 bridgehead atoms. The normalized spacial score (nSPS) is 19.0. The summed E-state index contributed by atoms with van der Waals surface area (Å²) in [5, 5.41) is 0. The Balaban J connectivity index is 1.50. The lowest BCUT2D eigenvalue weighted by atomic mass is 10.1. The molecule has 5 heteroatoms. The summed E-state index contributed by atoms with van der Waals surface area (Å²) >= 11 is 0. The number of hydrogen-bond donors (Lipinski definition) is 0. The van der Waals surface area contributed by atoms with Crippen LogP contribution in [0, 0.1) is 6.92 Å². The summed E-state index contributed by atoms with van der Waals surface area (Å²) in [7, 11) is 2.12. The number of aromatic nitrogens is 2. The van der Waals surface area contributed by atoms with Crippen LogP contribution in [0.5, 0.6) is 0 Å². The van der Waals surface area contributed by atoms with Crippen molar-refractivity contribution in [2.75, 3.05) is 20.2 Å². The summed E-state index contributed by atoms with van der Waals surface area (Å²) in [5.41, 5.74) is 0. The van der Waals surface area contributed by atoms with Crippen molar-refractivity contribution in [3.8, 4) is 0 Å². The van der Waals surface area contributed by atoms with Crippen LogP contribution in [-0.4, -0.2) is 34.7 Å². The Bertz CT molecular complexity index is 584. The molecule has 0 radical (unpaired) electrons. The van der Waals surface area contributed by atoms with Gasteiger partial charge < -0.3 is 13.7 Å². The Morgan fingerprint density at radius 3 is 3.00 bits per heavy atom. The lowest BCUT2D eigenvalue weighted by Crippen LogP contribution is -2.22. The first-order valence-corrected chi connectivity index (χ1v) is 8.09. The molecule has 0 aliphatic carbocycles. The molecular weight excluding hydrogens is 278 g/mol. The highest BCUT2D eigenvalue weighted by atomic mass is 16.5. The molecule has 0 spiro atoms. The molecule has 1 aliphatic heterocycles. The van der Waals surface area contributed by atoms with Gasteiger partial charge in [0.15, 0.2) is 0 Å². The molecule has 120 valence electrons. The highest BCUT2D eigenvalue weighted by Crippen LogP contribution is 2.29. The zero-order valence-corrected chi connectivity index (χ0v) is 13.5. The van der Waals surface area contributed by atoms with Gasteiger partial charge in [-0.25, -0.2) is 4.98 Å². The average molecular weight is 303 g/mol. The van der Waals surface area contributed by atoms with Gasteiger partial charge in [-0.2, -0.15) is 0 Å². The van der Waals surface area contributed by atoms with Crippen LogP contribution in [0.15, 0.2) is 28.9 Å². The molecular formula is C17H25N3O2. The minimum atomic E-state index is 0.154. The van der Waals surface area contributed by atoms with Crippen LogP contribution in [0.4, 0.5) is 0 Å². The fourth-order valence-corrected chi connectivity index (χ4v) is 2.88. The van der Waals surface area contributed by atoms with Crippen LogP contribution in [0.2, 0.25) is 0 Å². The summed E-state index contributed by atoms with van der Waals surface area (Å²) in [4.78, 5) is 6.51. The minimum Gasteiger partial charge on any atom is -0.462 e. The quantitative estimate of drug-likeness (QED) is 0.822. The Morgan fingerprint density at radius 1 is 1.36 bits per heavy atom. The molecule has 2 aromatic rings. The van der Waals surface area contributed by atoms with Crippen LogP contribution >= 0.6 is 0 Å². The van der Waals surface area contributed by atoms with Gasteiger partial charge in [0.1, 0.15) is 23.4 Å².